The zero-order chi connectivity index (χ0) is 20.8. The van der Waals surface area contributed by atoms with Gasteiger partial charge in [0.25, 0.3) is 0 Å². The van der Waals surface area contributed by atoms with E-state index in [1.165, 1.54) is 29.8 Å². The second-order valence-corrected chi connectivity index (χ2v) is 8.19. The van der Waals surface area contributed by atoms with Crippen molar-refractivity contribution in [3.05, 3.63) is 54.1 Å². The summed E-state index contributed by atoms with van der Waals surface area (Å²) < 4.78 is 5.41. The number of carbonyl (C=O) groups is 1. The Morgan fingerprint density at radius 2 is 1.67 bits per heavy atom. The van der Waals surface area contributed by atoms with Gasteiger partial charge in [-0.1, -0.05) is 18.2 Å². The molecule has 2 aromatic rings. The van der Waals surface area contributed by atoms with Crippen LogP contribution in [0.25, 0.3) is 0 Å². The monoisotopic (exact) mass is 408 g/mol. The normalized spacial score (nSPS) is 16.9. The summed E-state index contributed by atoms with van der Waals surface area (Å²) in [5.41, 5.74) is 4.60. The Labute approximate surface area is 179 Å². The minimum atomic E-state index is 0.00951. The lowest BCUT2D eigenvalue weighted by Gasteiger charge is -2.29. The van der Waals surface area contributed by atoms with Crippen LogP contribution < -0.4 is 15.1 Å². The molecule has 4 rings (SSSR count). The van der Waals surface area contributed by atoms with E-state index in [2.05, 4.69) is 56.4 Å². The van der Waals surface area contributed by atoms with E-state index in [0.717, 1.165) is 51.6 Å². The van der Waals surface area contributed by atoms with E-state index < -0.39 is 0 Å². The molecule has 1 amide bonds. The molecule has 2 saturated heterocycles. The topological polar surface area (TPSA) is 48.1 Å². The number of carbonyl (C=O) groups excluding carboxylic acids is 1. The highest BCUT2D eigenvalue weighted by Gasteiger charge is 2.17. The predicted molar refractivity (Wildman–Crippen MR) is 122 cm³/mol. The average molecular weight is 409 g/mol. The Kier molecular flexibility index (Phi) is 6.87. The Bertz CT molecular complexity index is 827. The van der Waals surface area contributed by atoms with Gasteiger partial charge in [0, 0.05) is 49.8 Å². The van der Waals surface area contributed by atoms with Gasteiger partial charge in [0.1, 0.15) is 0 Å². The van der Waals surface area contributed by atoms with E-state index in [0.29, 0.717) is 6.54 Å². The SMILES string of the molecule is CN(CC(=O)Nc1ccc(N2CCOCC2)cc1)Cc1ccccc1N1CCCC1. The van der Waals surface area contributed by atoms with E-state index in [-0.39, 0.29) is 5.91 Å². The maximum atomic E-state index is 12.6. The number of likely N-dealkylation sites (N-methyl/N-ethyl adjacent to an activating group) is 1. The van der Waals surface area contributed by atoms with E-state index in [4.69, 9.17) is 4.74 Å². The molecule has 0 atom stereocenters. The molecule has 0 unspecified atom stereocenters. The molecular weight excluding hydrogens is 376 g/mol. The number of morpholine rings is 1. The second kappa shape index (κ2) is 9.96. The lowest BCUT2D eigenvalue weighted by atomic mass is 10.1. The summed E-state index contributed by atoms with van der Waals surface area (Å²) in [6.45, 7) is 6.74. The number of hydrogen-bond donors (Lipinski definition) is 1. The third-order valence-electron chi connectivity index (χ3n) is 5.82. The number of para-hydroxylation sites is 1. The van der Waals surface area contributed by atoms with Crippen molar-refractivity contribution in [2.45, 2.75) is 19.4 Å². The second-order valence-electron chi connectivity index (χ2n) is 8.19. The van der Waals surface area contributed by atoms with Gasteiger partial charge in [0.2, 0.25) is 5.91 Å². The van der Waals surface area contributed by atoms with Crippen molar-refractivity contribution in [1.29, 1.82) is 0 Å². The molecule has 6 heteroatoms. The molecule has 30 heavy (non-hydrogen) atoms. The standard InChI is InChI=1S/C24H32N4O2/c1-26(18-20-6-2-3-7-23(20)28-12-4-5-13-28)19-24(29)25-21-8-10-22(11-9-21)27-14-16-30-17-15-27/h2-3,6-11H,4-5,12-19H2,1H3,(H,25,29). The van der Waals surface area contributed by atoms with Crippen LogP contribution in [0.5, 0.6) is 0 Å². The summed E-state index contributed by atoms with van der Waals surface area (Å²) >= 11 is 0. The van der Waals surface area contributed by atoms with E-state index in [1.807, 2.05) is 19.2 Å². The molecule has 0 bridgehead atoms. The largest absolute Gasteiger partial charge is 0.378 e. The minimum absolute atomic E-state index is 0.00951. The number of nitrogens with one attached hydrogen (secondary N) is 1. The molecule has 2 aliphatic heterocycles. The van der Waals surface area contributed by atoms with Crippen LogP contribution in [0.3, 0.4) is 0 Å². The van der Waals surface area contributed by atoms with Gasteiger partial charge in [-0.15, -0.1) is 0 Å². The van der Waals surface area contributed by atoms with Crippen molar-refractivity contribution in [1.82, 2.24) is 4.90 Å². The van der Waals surface area contributed by atoms with Gasteiger partial charge < -0.3 is 19.9 Å². The fourth-order valence-electron chi connectivity index (χ4n) is 4.28. The van der Waals surface area contributed by atoms with Gasteiger partial charge in [-0.2, -0.15) is 0 Å². The third-order valence-corrected chi connectivity index (χ3v) is 5.82. The average Bonchev–Trinajstić information content (AvgIpc) is 3.30. The molecule has 1 N–H and O–H groups in total. The quantitative estimate of drug-likeness (QED) is 0.763. The van der Waals surface area contributed by atoms with Gasteiger partial charge >= 0.3 is 0 Å². The maximum Gasteiger partial charge on any atom is 0.238 e. The molecule has 0 saturated carbocycles. The van der Waals surface area contributed by atoms with Crippen LogP contribution in [-0.4, -0.2) is 63.8 Å². The van der Waals surface area contributed by atoms with E-state index in [1.54, 1.807) is 0 Å². The highest BCUT2D eigenvalue weighted by molar-refractivity contribution is 5.92. The van der Waals surface area contributed by atoms with Gasteiger partial charge in [0.05, 0.1) is 19.8 Å². The minimum Gasteiger partial charge on any atom is -0.378 e. The number of amides is 1. The number of ether oxygens (including phenoxy) is 1. The number of nitrogens with zero attached hydrogens (tertiary/aromatic N) is 3. The molecule has 0 radical (unpaired) electrons. The first-order valence-corrected chi connectivity index (χ1v) is 10.9. The number of benzene rings is 2. The zero-order valence-corrected chi connectivity index (χ0v) is 17.8. The fraction of sp³-hybridized carbons (Fsp3) is 0.458. The zero-order valence-electron chi connectivity index (χ0n) is 17.8. The fourth-order valence-corrected chi connectivity index (χ4v) is 4.28. The summed E-state index contributed by atoms with van der Waals surface area (Å²) in [7, 11) is 2.00. The van der Waals surface area contributed by atoms with Gasteiger partial charge in [-0.3, -0.25) is 9.69 Å². The summed E-state index contributed by atoms with van der Waals surface area (Å²) in [5, 5.41) is 3.02. The summed E-state index contributed by atoms with van der Waals surface area (Å²) in [4.78, 5) is 19.4. The van der Waals surface area contributed by atoms with Gasteiger partial charge in [0.15, 0.2) is 0 Å². The van der Waals surface area contributed by atoms with Crippen LogP contribution in [0.1, 0.15) is 18.4 Å². The maximum absolute atomic E-state index is 12.6. The van der Waals surface area contributed by atoms with Crippen molar-refractivity contribution in [3.63, 3.8) is 0 Å². The van der Waals surface area contributed by atoms with Crippen molar-refractivity contribution in [2.75, 3.05) is 68.1 Å². The Morgan fingerprint density at radius 3 is 2.40 bits per heavy atom. The highest BCUT2D eigenvalue weighted by atomic mass is 16.5. The molecule has 0 aliphatic carbocycles. The van der Waals surface area contributed by atoms with E-state index in [9.17, 15) is 4.79 Å². The Hall–Kier alpha value is -2.57. The van der Waals surface area contributed by atoms with Gasteiger partial charge in [-0.25, -0.2) is 0 Å². The van der Waals surface area contributed by atoms with Crippen molar-refractivity contribution in [3.8, 4) is 0 Å². The molecule has 160 valence electrons. The molecule has 0 spiro atoms. The predicted octanol–water partition coefficient (Wildman–Crippen LogP) is 3.19. The molecule has 2 aromatic carbocycles. The summed E-state index contributed by atoms with van der Waals surface area (Å²) in [6.07, 6.45) is 2.52. The molecule has 2 aliphatic rings. The van der Waals surface area contributed by atoms with Gasteiger partial charge in [-0.05, 0) is 55.8 Å². The van der Waals surface area contributed by atoms with Crippen LogP contribution in [0, 0.1) is 0 Å². The molecule has 6 nitrogen and oxygen atoms in total. The number of rotatable bonds is 7. The van der Waals surface area contributed by atoms with E-state index >= 15 is 0 Å². The van der Waals surface area contributed by atoms with Crippen molar-refractivity contribution >= 4 is 23.0 Å². The summed E-state index contributed by atoms with van der Waals surface area (Å²) in [5.74, 6) is 0.00951. The lowest BCUT2D eigenvalue weighted by Crippen LogP contribution is -2.36. The van der Waals surface area contributed by atoms with Crippen LogP contribution in [-0.2, 0) is 16.1 Å². The smallest absolute Gasteiger partial charge is 0.238 e. The summed E-state index contributed by atoms with van der Waals surface area (Å²) in [6, 6.07) is 16.6. The highest BCUT2D eigenvalue weighted by Crippen LogP contribution is 2.25. The lowest BCUT2D eigenvalue weighted by molar-refractivity contribution is -0.117. The van der Waals surface area contributed by atoms with Crippen LogP contribution in [0.15, 0.2) is 48.5 Å². The van der Waals surface area contributed by atoms with Crippen LogP contribution in [0.4, 0.5) is 17.1 Å². The van der Waals surface area contributed by atoms with Crippen molar-refractivity contribution in [2.24, 2.45) is 0 Å². The van der Waals surface area contributed by atoms with Crippen LogP contribution in [0.2, 0.25) is 0 Å². The number of hydrogen-bond acceptors (Lipinski definition) is 5. The molecule has 2 fully saturated rings. The van der Waals surface area contributed by atoms with Crippen LogP contribution >= 0.6 is 0 Å². The third kappa shape index (κ3) is 5.32. The Morgan fingerprint density at radius 1 is 0.967 bits per heavy atom. The molecule has 0 aromatic heterocycles. The first kappa shape index (κ1) is 20.7. The molecule has 2 heterocycles. The first-order valence-electron chi connectivity index (χ1n) is 10.9. The van der Waals surface area contributed by atoms with Crippen molar-refractivity contribution < 1.29 is 9.53 Å². The Balaban J connectivity index is 1.30. The first-order chi connectivity index (χ1) is 14.7. The molecular formula is C24H32N4O2. The number of anilines is 3.